The minimum Gasteiger partial charge on any atom is -0.598 e. The number of pyridine rings is 2. The largest absolute Gasteiger partial charge is 0.598 e. The Morgan fingerprint density at radius 1 is 0.880 bits per heavy atom. The smallest absolute Gasteiger partial charge is 0.250 e. The van der Waals surface area contributed by atoms with Crippen LogP contribution in [0.3, 0.4) is 0 Å². The zero-order chi connectivity index (χ0) is 37.5. The SMILES string of the molecule is CCC[C@@](O)(N[S+]([O-])C(C)(C)C)c1cccc(-c2cc(O[Si](C)(C)C(C)(C)C)c3cnn(-c4cccc(CO[Si](C)(C)C(C)(C)C)n4)c3c2)n1. The van der Waals surface area contributed by atoms with E-state index in [1.807, 2.05) is 81.0 Å². The lowest BCUT2D eigenvalue weighted by Gasteiger charge is -2.36. The Kier molecular flexibility index (Phi) is 11.6. The van der Waals surface area contributed by atoms with Gasteiger partial charge in [-0.3, -0.25) is 0 Å². The van der Waals surface area contributed by atoms with E-state index in [9.17, 15) is 9.66 Å². The van der Waals surface area contributed by atoms with Crippen molar-refractivity contribution >= 4 is 38.9 Å². The molecule has 0 aliphatic heterocycles. The molecule has 12 heteroatoms. The highest BCUT2D eigenvalue weighted by Crippen LogP contribution is 2.42. The fraction of sp³-hybridized carbons (Fsp3) is 0.553. The highest BCUT2D eigenvalue weighted by Gasteiger charge is 2.41. The minimum atomic E-state index is -2.27. The van der Waals surface area contributed by atoms with Crippen molar-refractivity contribution in [1.82, 2.24) is 24.5 Å². The Hall–Kier alpha value is -2.59. The number of hydrogen-bond acceptors (Lipinski definition) is 8. The van der Waals surface area contributed by atoms with E-state index >= 15 is 0 Å². The Morgan fingerprint density at radius 2 is 1.52 bits per heavy atom. The highest BCUT2D eigenvalue weighted by molar-refractivity contribution is 7.90. The summed E-state index contributed by atoms with van der Waals surface area (Å²) in [5.74, 6) is 1.41. The first-order valence-electron chi connectivity index (χ1n) is 17.6. The average Bonchev–Trinajstić information content (AvgIpc) is 3.43. The number of fused-ring (bicyclic) bond motifs is 1. The van der Waals surface area contributed by atoms with Crippen molar-refractivity contribution in [2.45, 2.75) is 135 Å². The molecule has 0 saturated heterocycles. The third kappa shape index (κ3) is 8.88. The molecule has 2 atom stereocenters. The van der Waals surface area contributed by atoms with Crippen LogP contribution in [0, 0.1) is 0 Å². The molecule has 0 aliphatic rings. The predicted molar refractivity (Wildman–Crippen MR) is 212 cm³/mol. The van der Waals surface area contributed by atoms with Crippen LogP contribution in [0.15, 0.2) is 54.7 Å². The highest BCUT2D eigenvalue weighted by atomic mass is 32.2. The third-order valence-electron chi connectivity index (χ3n) is 10.1. The number of rotatable bonds is 12. The standard InChI is InChI=1S/C38H59N5O4SSi2/c1-15-22-38(44,42-48(45)35(2,3)4)33-20-17-19-30(41-33)27-23-31-29(32(24-27)47-50(13,14)37(8,9)10)25-39-43(31)34-21-16-18-28(40-34)26-46-49(11,12)36(5,6)7/h16-21,23-25,42,44H,15,22,26H2,1-14H3/t38-,48?/m0/s1. The topological polar surface area (TPSA) is 117 Å². The van der Waals surface area contributed by atoms with Gasteiger partial charge in [-0.15, -0.1) is 4.72 Å². The first-order chi connectivity index (χ1) is 22.9. The summed E-state index contributed by atoms with van der Waals surface area (Å²) >= 11 is -1.52. The maximum atomic E-state index is 13.2. The van der Waals surface area contributed by atoms with Gasteiger partial charge in [0.1, 0.15) is 10.5 Å². The third-order valence-corrected chi connectivity index (χ3v) is 20.6. The molecule has 0 fully saturated rings. The van der Waals surface area contributed by atoms with Crippen LogP contribution in [0.5, 0.6) is 5.75 Å². The van der Waals surface area contributed by atoms with Gasteiger partial charge in [0.05, 0.1) is 40.8 Å². The Morgan fingerprint density at radius 3 is 2.12 bits per heavy atom. The van der Waals surface area contributed by atoms with Gasteiger partial charge in [-0.05, 0) is 99.9 Å². The van der Waals surface area contributed by atoms with Gasteiger partial charge in [0.2, 0.25) is 0 Å². The summed E-state index contributed by atoms with van der Waals surface area (Å²) < 4.78 is 30.9. The van der Waals surface area contributed by atoms with E-state index in [1.165, 1.54) is 0 Å². The second kappa shape index (κ2) is 14.4. The molecule has 2 N–H and O–H groups in total. The van der Waals surface area contributed by atoms with Crippen molar-refractivity contribution in [2.75, 3.05) is 0 Å². The number of aliphatic hydroxyl groups is 1. The first-order valence-corrected chi connectivity index (χ1v) is 24.6. The van der Waals surface area contributed by atoms with Gasteiger partial charge >= 0.3 is 0 Å². The fourth-order valence-corrected chi connectivity index (χ4v) is 7.59. The number of aromatic nitrogens is 4. The summed E-state index contributed by atoms with van der Waals surface area (Å²) in [6, 6.07) is 15.6. The number of nitrogens with one attached hydrogen (secondary N) is 1. The lowest BCUT2D eigenvalue weighted by molar-refractivity contribution is 0.0101. The molecule has 1 unspecified atom stereocenters. The van der Waals surface area contributed by atoms with Crippen LogP contribution in [-0.2, 0) is 28.1 Å². The molecular weight excluding hydrogens is 679 g/mol. The molecule has 274 valence electrons. The molecule has 50 heavy (non-hydrogen) atoms. The van der Waals surface area contributed by atoms with Crippen molar-refractivity contribution in [3.05, 3.63) is 66.1 Å². The zero-order valence-corrected chi connectivity index (χ0v) is 35.5. The molecule has 0 saturated carbocycles. The van der Waals surface area contributed by atoms with Gasteiger partial charge < -0.3 is 18.5 Å². The van der Waals surface area contributed by atoms with E-state index in [0.717, 1.165) is 27.9 Å². The quantitative estimate of drug-likeness (QED) is 0.0839. The molecule has 0 aliphatic carbocycles. The van der Waals surface area contributed by atoms with Gasteiger partial charge in [-0.2, -0.15) is 5.10 Å². The van der Waals surface area contributed by atoms with Crippen LogP contribution in [0.2, 0.25) is 36.3 Å². The van der Waals surface area contributed by atoms with Gasteiger partial charge in [-0.25, -0.2) is 14.6 Å². The number of benzene rings is 1. The second-order valence-corrected chi connectivity index (χ2v) is 28.9. The summed E-state index contributed by atoms with van der Waals surface area (Å²) in [6.07, 6.45) is 2.86. The molecule has 4 rings (SSSR count). The Balaban J connectivity index is 1.86. The molecule has 3 aromatic heterocycles. The van der Waals surface area contributed by atoms with Crippen molar-refractivity contribution in [1.29, 1.82) is 0 Å². The Labute approximate surface area is 305 Å². The summed E-state index contributed by atoms with van der Waals surface area (Å²) in [7, 11) is -4.24. The van der Waals surface area contributed by atoms with Crippen LogP contribution in [0.25, 0.3) is 28.0 Å². The van der Waals surface area contributed by atoms with E-state index in [-0.39, 0.29) is 10.1 Å². The normalized spacial score (nSPS) is 15.3. The van der Waals surface area contributed by atoms with Gasteiger partial charge in [0, 0.05) is 16.9 Å². The van der Waals surface area contributed by atoms with Crippen molar-refractivity contribution in [3.8, 4) is 22.8 Å². The van der Waals surface area contributed by atoms with E-state index in [4.69, 9.17) is 23.9 Å². The van der Waals surface area contributed by atoms with Gasteiger partial charge in [-0.1, -0.05) is 67.0 Å². The molecule has 1 aromatic carbocycles. The van der Waals surface area contributed by atoms with Crippen LogP contribution in [-0.4, -0.2) is 50.8 Å². The van der Waals surface area contributed by atoms with Crippen LogP contribution >= 0.6 is 0 Å². The predicted octanol–water partition coefficient (Wildman–Crippen LogP) is 9.39. The minimum absolute atomic E-state index is 0.0332. The van der Waals surface area contributed by atoms with Crippen LogP contribution in [0.1, 0.15) is 93.5 Å². The monoisotopic (exact) mass is 737 g/mol. The maximum absolute atomic E-state index is 13.2. The second-order valence-electron chi connectivity index (χ2n) is 17.4. The maximum Gasteiger partial charge on any atom is 0.250 e. The first kappa shape index (κ1) is 40.2. The Bertz CT molecular complexity index is 1790. The average molecular weight is 738 g/mol. The van der Waals surface area contributed by atoms with E-state index in [1.54, 1.807) is 6.07 Å². The fourth-order valence-electron chi connectivity index (χ4n) is 4.80. The van der Waals surface area contributed by atoms with Crippen LogP contribution < -0.4 is 9.15 Å². The summed E-state index contributed by atoms with van der Waals surface area (Å²) in [5, 5.41) is 17.6. The van der Waals surface area contributed by atoms with E-state index < -0.39 is 38.5 Å². The number of nitrogens with zero attached hydrogens (tertiary/aromatic N) is 4. The van der Waals surface area contributed by atoms with Gasteiger partial charge in [0.15, 0.2) is 19.9 Å². The summed E-state index contributed by atoms with van der Waals surface area (Å²) in [5.41, 5.74) is 1.96. The van der Waals surface area contributed by atoms with E-state index in [0.29, 0.717) is 36.7 Å². The molecule has 0 spiro atoms. The molecule has 3 heterocycles. The lowest BCUT2D eigenvalue weighted by Crippen LogP contribution is -2.51. The van der Waals surface area contributed by atoms with Gasteiger partial charge in [0.25, 0.3) is 8.32 Å². The molecule has 0 amide bonds. The summed E-state index contributed by atoms with van der Waals surface area (Å²) in [6.45, 7) is 30.4. The van der Waals surface area contributed by atoms with Crippen LogP contribution in [0.4, 0.5) is 0 Å². The van der Waals surface area contributed by atoms with Crippen molar-refractivity contribution < 1.29 is 18.5 Å². The van der Waals surface area contributed by atoms with Crippen molar-refractivity contribution in [3.63, 3.8) is 0 Å². The lowest BCUT2D eigenvalue weighted by atomic mass is 10.0. The molecule has 9 nitrogen and oxygen atoms in total. The zero-order valence-electron chi connectivity index (χ0n) is 32.7. The molecular formula is C38H59N5O4SSi2. The van der Waals surface area contributed by atoms with E-state index in [2.05, 4.69) is 72.5 Å². The summed E-state index contributed by atoms with van der Waals surface area (Å²) in [4.78, 5) is 9.97. The molecule has 4 aromatic rings. The molecule has 0 radical (unpaired) electrons. The molecule has 0 bridgehead atoms. The number of hydrogen-bond donors (Lipinski definition) is 2. The van der Waals surface area contributed by atoms with Crippen molar-refractivity contribution in [2.24, 2.45) is 0 Å².